The van der Waals surface area contributed by atoms with E-state index in [9.17, 15) is 4.79 Å². The van der Waals surface area contributed by atoms with E-state index in [0.29, 0.717) is 11.7 Å². The summed E-state index contributed by atoms with van der Waals surface area (Å²) >= 11 is 0. The molecule has 2 rings (SSSR count). The molecular weight excluding hydrogens is 248 g/mol. The molecule has 0 radical (unpaired) electrons. The summed E-state index contributed by atoms with van der Waals surface area (Å²) in [6, 6.07) is 10.3. The number of carbonyl (C=O) groups excluding carboxylic acids is 1. The molecule has 2 atom stereocenters. The molecule has 2 unspecified atom stereocenters. The number of hydrogen-bond acceptors (Lipinski definition) is 1. The van der Waals surface area contributed by atoms with Gasteiger partial charge < -0.3 is 0 Å². The van der Waals surface area contributed by atoms with Gasteiger partial charge in [0.1, 0.15) is 5.78 Å². The molecule has 0 spiro atoms. The van der Waals surface area contributed by atoms with Gasteiger partial charge in [-0.15, -0.1) is 0 Å². The molecule has 0 bridgehead atoms. The van der Waals surface area contributed by atoms with E-state index in [0.717, 1.165) is 19.3 Å². The predicted octanol–water partition coefficient (Wildman–Crippen LogP) is 4.57. The van der Waals surface area contributed by atoms with Gasteiger partial charge >= 0.3 is 0 Å². The second-order valence-corrected chi connectivity index (χ2v) is 11.7. The van der Waals surface area contributed by atoms with Crippen LogP contribution in [0.3, 0.4) is 0 Å². The van der Waals surface area contributed by atoms with Gasteiger partial charge in [0.15, 0.2) is 0 Å². The zero-order valence-corrected chi connectivity index (χ0v) is 13.2. The monoisotopic (exact) mass is 272 g/mol. The first-order valence-corrected chi connectivity index (χ1v) is 10.8. The third-order valence-corrected chi connectivity index (χ3v) is 4.93. The second kappa shape index (κ2) is 5.87. The maximum atomic E-state index is 12.3. The van der Waals surface area contributed by atoms with Gasteiger partial charge in [-0.05, 0) is 24.3 Å². The standard InChI is InChI=1S/C17H24OSi/c1-19(2,3)13-12-15-10-7-11-16(18)17(15)14-8-5-4-6-9-14/h4-6,8-9,12-13,15,17H,7,10-11H2,1-3H3/b13-12+. The van der Waals surface area contributed by atoms with Crippen LogP contribution in [0.4, 0.5) is 0 Å². The Hall–Kier alpha value is -1.15. The molecule has 102 valence electrons. The van der Waals surface area contributed by atoms with Crippen LogP contribution in [0.5, 0.6) is 0 Å². The largest absolute Gasteiger partial charge is 0.299 e. The molecule has 0 saturated heterocycles. The van der Waals surface area contributed by atoms with Gasteiger partial charge in [-0.1, -0.05) is 61.7 Å². The Labute approximate surface area is 117 Å². The predicted molar refractivity (Wildman–Crippen MR) is 84.0 cm³/mol. The van der Waals surface area contributed by atoms with Gasteiger partial charge in [0, 0.05) is 12.3 Å². The molecule has 0 N–H and O–H groups in total. The molecule has 0 heterocycles. The fourth-order valence-corrected chi connectivity index (χ4v) is 3.61. The van der Waals surface area contributed by atoms with Gasteiger partial charge in [0.05, 0.1) is 8.07 Å². The third-order valence-electron chi connectivity index (χ3n) is 3.74. The number of benzene rings is 1. The average molecular weight is 272 g/mol. The molecule has 1 aromatic rings. The van der Waals surface area contributed by atoms with Crippen molar-refractivity contribution >= 4 is 13.9 Å². The molecule has 0 aromatic heterocycles. The summed E-state index contributed by atoms with van der Waals surface area (Å²) < 4.78 is 0. The Morgan fingerprint density at radius 1 is 1.16 bits per heavy atom. The molecule has 1 aliphatic carbocycles. The van der Waals surface area contributed by atoms with Crippen LogP contribution >= 0.6 is 0 Å². The number of hydrogen-bond donors (Lipinski definition) is 0. The fraction of sp³-hybridized carbons (Fsp3) is 0.471. The topological polar surface area (TPSA) is 17.1 Å². The van der Waals surface area contributed by atoms with Crippen LogP contribution in [0.25, 0.3) is 0 Å². The van der Waals surface area contributed by atoms with E-state index in [4.69, 9.17) is 0 Å². The summed E-state index contributed by atoms with van der Waals surface area (Å²) in [6.07, 6.45) is 5.27. The number of rotatable bonds is 3. The first-order valence-electron chi connectivity index (χ1n) is 7.24. The molecule has 0 aliphatic heterocycles. The quantitative estimate of drug-likeness (QED) is 0.736. The lowest BCUT2D eigenvalue weighted by molar-refractivity contribution is -0.122. The molecule has 1 fully saturated rings. The summed E-state index contributed by atoms with van der Waals surface area (Å²) in [4.78, 5) is 12.3. The van der Waals surface area contributed by atoms with Gasteiger partial charge in [-0.25, -0.2) is 0 Å². The van der Waals surface area contributed by atoms with E-state index >= 15 is 0 Å². The second-order valence-electron chi connectivity index (χ2n) is 6.64. The van der Waals surface area contributed by atoms with Crippen LogP contribution in [-0.4, -0.2) is 13.9 Å². The molecule has 1 nitrogen and oxygen atoms in total. The maximum absolute atomic E-state index is 12.3. The van der Waals surface area contributed by atoms with Crippen LogP contribution < -0.4 is 0 Å². The van der Waals surface area contributed by atoms with Gasteiger partial charge in [0.2, 0.25) is 0 Å². The summed E-state index contributed by atoms with van der Waals surface area (Å²) in [5.74, 6) is 0.903. The van der Waals surface area contributed by atoms with Crippen molar-refractivity contribution in [2.45, 2.75) is 44.8 Å². The van der Waals surface area contributed by atoms with Crippen molar-refractivity contribution in [3.63, 3.8) is 0 Å². The van der Waals surface area contributed by atoms with Crippen LogP contribution in [0, 0.1) is 5.92 Å². The minimum atomic E-state index is -1.19. The number of allylic oxidation sites excluding steroid dienone is 1. The van der Waals surface area contributed by atoms with Crippen LogP contribution in [-0.2, 0) is 4.79 Å². The maximum Gasteiger partial charge on any atom is 0.140 e. The molecule has 0 amide bonds. The molecule has 1 saturated carbocycles. The summed E-state index contributed by atoms with van der Waals surface area (Å²) in [5, 5.41) is 0. The number of Topliss-reactive ketones (excluding diaryl/α,β-unsaturated/α-hetero) is 1. The van der Waals surface area contributed by atoms with Crippen molar-refractivity contribution in [2.75, 3.05) is 0 Å². The van der Waals surface area contributed by atoms with Crippen molar-refractivity contribution < 1.29 is 4.79 Å². The Bertz CT molecular complexity index is 456. The van der Waals surface area contributed by atoms with Crippen molar-refractivity contribution in [1.82, 2.24) is 0 Å². The zero-order valence-electron chi connectivity index (χ0n) is 12.2. The molecule has 1 aliphatic rings. The first kappa shape index (κ1) is 14.3. The van der Waals surface area contributed by atoms with E-state index in [1.807, 2.05) is 18.2 Å². The van der Waals surface area contributed by atoms with Gasteiger partial charge in [-0.2, -0.15) is 0 Å². The highest BCUT2D eigenvalue weighted by molar-refractivity contribution is 6.80. The van der Waals surface area contributed by atoms with Crippen molar-refractivity contribution in [1.29, 1.82) is 0 Å². The summed E-state index contributed by atoms with van der Waals surface area (Å²) in [5.41, 5.74) is 3.59. The molecule has 2 heteroatoms. The van der Waals surface area contributed by atoms with E-state index in [1.165, 1.54) is 5.56 Å². The molecule has 1 aromatic carbocycles. The van der Waals surface area contributed by atoms with Crippen molar-refractivity contribution in [2.24, 2.45) is 5.92 Å². The van der Waals surface area contributed by atoms with E-state index in [2.05, 4.69) is 43.5 Å². The summed E-state index contributed by atoms with van der Waals surface area (Å²) in [7, 11) is -1.19. The normalized spacial score (nSPS) is 24.9. The molecular formula is C17H24OSi. The lowest BCUT2D eigenvalue weighted by Gasteiger charge is -2.29. The number of carbonyl (C=O) groups is 1. The van der Waals surface area contributed by atoms with E-state index in [-0.39, 0.29) is 5.92 Å². The van der Waals surface area contributed by atoms with E-state index in [1.54, 1.807) is 0 Å². The van der Waals surface area contributed by atoms with Crippen LogP contribution in [0.15, 0.2) is 42.1 Å². The van der Waals surface area contributed by atoms with Crippen LogP contribution in [0.2, 0.25) is 19.6 Å². The highest BCUT2D eigenvalue weighted by Crippen LogP contribution is 2.36. The lowest BCUT2D eigenvalue weighted by Crippen LogP contribution is -2.26. The third kappa shape index (κ3) is 3.90. The Balaban J connectivity index is 2.25. The minimum absolute atomic E-state index is 0.0857. The minimum Gasteiger partial charge on any atom is -0.299 e. The Morgan fingerprint density at radius 3 is 2.47 bits per heavy atom. The Morgan fingerprint density at radius 2 is 1.84 bits per heavy atom. The van der Waals surface area contributed by atoms with Gasteiger partial charge in [0.25, 0.3) is 0 Å². The van der Waals surface area contributed by atoms with Crippen LogP contribution in [0.1, 0.15) is 30.7 Å². The first-order chi connectivity index (χ1) is 8.97. The molecule has 19 heavy (non-hydrogen) atoms. The van der Waals surface area contributed by atoms with E-state index < -0.39 is 8.07 Å². The lowest BCUT2D eigenvalue weighted by atomic mass is 9.75. The van der Waals surface area contributed by atoms with Gasteiger partial charge in [-0.3, -0.25) is 4.79 Å². The van der Waals surface area contributed by atoms with Crippen molar-refractivity contribution in [3.05, 3.63) is 47.7 Å². The average Bonchev–Trinajstić information content (AvgIpc) is 2.36. The van der Waals surface area contributed by atoms with Crippen molar-refractivity contribution in [3.8, 4) is 0 Å². The fourth-order valence-electron chi connectivity index (χ4n) is 2.79. The highest BCUT2D eigenvalue weighted by Gasteiger charge is 2.31. The zero-order chi connectivity index (χ0) is 13.9. The SMILES string of the molecule is C[Si](C)(C)/C=C/C1CCCC(=O)C1c1ccccc1. The number of ketones is 1. The Kier molecular flexibility index (Phi) is 4.41. The smallest absolute Gasteiger partial charge is 0.140 e. The summed E-state index contributed by atoms with van der Waals surface area (Å²) in [6.45, 7) is 7.02. The highest BCUT2D eigenvalue weighted by atomic mass is 28.3.